The Balaban J connectivity index is 1.70. The van der Waals surface area contributed by atoms with E-state index in [1.165, 1.54) is 29.8 Å². The molecule has 0 radical (unpaired) electrons. The maximum absolute atomic E-state index is 13.9. The molecule has 2 heterocycles. The van der Waals surface area contributed by atoms with Gasteiger partial charge >= 0.3 is 6.18 Å². The van der Waals surface area contributed by atoms with Crippen LogP contribution in [-0.4, -0.2) is 20.7 Å². The molecule has 0 saturated heterocycles. The van der Waals surface area contributed by atoms with Crippen molar-refractivity contribution in [1.82, 2.24) is 20.1 Å². The lowest BCUT2D eigenvalue weighted by atomic mass is 10.0. The number of hydrogen-bond acceptors (Lipinski definition) is 3. The summed E-state index contributed by atoms with van der Waals surface area (Å²) in [4.78, 5) is 16.8. The smallest absolute Gasteiger partial charge is 0.346 e. The van der Waals surface area contributed by atoms with Crippen LogP contribution in [0.15, 0.2) is 60.8 Å². The van der Waals surface area contributed by atoms with E-state index in [2.05, 4.69) is 15.4 Å². The molecule has 5 nitrogen and oxygen atoms in total. The molecule has 0 unspecified atom stereocenters. The van der Waals surface area contributed by atoms with Crippen LogP contribution >= 0.6 is 23.2 Å². The zero-order chi connectivity index (χ0) is 25.3. The van der Waals surface area contributed by atoms with E-state index in [4.69, 9.17) is 23.2 Å². The Morgan fingerprint density at radius 1 is 1.03 bits per heavy atom. The number of aryl methyl sites for hydroxylation is 1. The highest BCUT2D eigenvalue weighted by Gasteiger charge is 2.39. The second-order valence-electron chi connectivity index (χ2n) is 7.88. The number of alkyl halides is 3. The molecule has 4 aromatic rings. The van der Waals surface area contributed by atoms with E-state index in [0.717, 1.165) is 0 Å². The molecule has 0 aliphatic carbocycles. The summed E-state index contributed by atoms with van der Waals surface area (Å²) in [5.41, 5.74) is 1.36. The van der Waals surface area contributed by atoms with Gasteiger partial charge in [0.1, 0.15) is 0 Å². The van der Waals surface area contributed by atoms with Gasteiger partial charge in [-0.15, -0.1) is 0 Å². The number of nitrogens with one attached hydrogen (secondary N) is 1. The van der Waals surface area contributed by atoms with E-state index in [-0.39, 0.29) is 39.3 Å². The molecule has 10 heteroatoms. The van der Waals surface area contributed by atoms with Gasteiger partial charge in [0.05, 0.1) is 17.9 Å². The maximum atomic E-state index is 13.9. The van der Waals surface area contributed by atoms with E-state index in [9.17, 15) is 18.0 Å². The van der Waals surface area contributed by atoms with Gasteiger partial charge in [-0.2, -0.15) is 18.3 Å². The molecule has 2 aromatic heterocycles. The zero-order valence-corrected chi connectivity index (χ0v) is 20.1. The number of carbonyl (C=O) groups is 1. The summed E-state index contributed by atoms with van der Waals surface area (Å²) in [5, 5.41) is 7.09. The zero-order valence-electron chi connectivity index (χ0n) is 18.6. The molecule has 2 aromatic carbocycles. The molecule has 35 heavy (non-hydrogen) atoms. The van der Waals surface area contributed by atoms with Gasteiger partial charge < -0.3 is 5.32 Å². The summed E-state index contributed by atoms with van der Waals surface area (Å²) in [6.07, 6.45) is -3.07. The molecule has 180 valence electrons. The summed E-state index contributed by atoms with van der Waals surface area (Å²) < 4.78 is 43.0. The van der Waals surface area contributed by atoms with Crippen LogP contribution in [0.2, 0.25) is 10.0 Å². The Kier molecular flexibility index (Phi) is 6.87. The average molecular weight is 519 g/mol. The van der Waals surface area contributed by atoms with Crippen LogP contribution in [-0.2, 0) is 12.7 Å². The summed E-state index contributed by atoms with van der Waals surface area (Å²) in [6.45, 7) is 3.50. The fourth-order valence-corrected chi connectivity index (χ4v) is 4.33. The van der Waals surface area contributed by atoms with Gasteiger partial charge in [-0.25, -0.2) is 4.68 Å². The number of benzene rings is 2. The van der Waals surface area contributed by atoms with E-state index < -0.39 is 11.9 Å². The van der Waals surface area contributed by atoms with E-state index in [1.807, 2.05) is 6.07 Å². The predicted octanol–water partition coefficient (Wildman–Crippen LogP) is 6.81. The van der Waals surface area contributed by atoms with Gasteiger partial charge in [-0.3, -0.25) is 9.78 Å². The van der Waals surface area contributed by atoms with Crippen molar-refractivity contribution in [2.45, 2.75) is 26.6 Å². The molecule has 0 aliphatic rings. The standard InChI is InChI=1S/C25H19Cl2F3N4O/c1-14-9-20(6-7-21(14)24(35)32-13-19-5-3-4-8-31-19)34-15(2)22(23(33-34)25(28,29)30)16-10-17(26)12-18(27)11-16/h3-12H,13H2,1-2H3,(H,32,35). The first kappa shape index (κ1) is 24.8. The molecule has 0 bridgehead atoms. The first-order valence-electron chi connectivity index (χ1n) is 10.5. The number of halogens is 5. The third kappa shape index (κ3) is 5.33. The lowest BCUT2D eigenvalue weighted by Gasteiger charge is -2.11. The van der Waals surface area contributed by atoms with Crippen LogP contribution in [0, 0.1) is 13.8 Å². The highest BCUT2D eigenvalue weighted by Crippen LogP contribution is 2.40. The number of hydrogen-bond donors (Lipinski definition) is 1. The highest BCUT2D eigenvalue weighted by molar-refractivity contribution is 6.35. The van der Waals surface area contributed by atoms with Gasteiger partial charge in [-0.05, 0) is 73.5 Å². The summed E-state index contributed by atoms with van der Waals surface area (Å²) in [6, 6.07) is 14.4. The number of nitrogens with zero attached hydrogens (tertiary/aromatic N) is 3. The molecule has 4 rings (SSSR count). The Bertz CT molecular complexity index is 1380. The first-order valence-corrected chi connectivity index (χ1v) is 11.2. The molecular formula is C25H19Cl2F3N4O. The molecule has 0 fully saturated rings. The lowest BCUT2D eigenvalue weighted by molar-refractivity contribution is -0.140. The van der Waals surface area contributed by atoms with Gasteiger partial charge in [-0.1, -0.05) is 29.3 Å². The van der Waals surface area contributed by atoms with Crippen LogP contribution in [0.1, 0.15) is 33.0 Å². The summed E-state index contributed by atoms with van der Waals surface area (Å²) >= 11 is 12.1. The van der Waals surface area contributed by atoms with Crippen molar-refractivity contribution in [3.63, 3.8) is 0 Å². The van der Waals surface area contributed by atoms with Crippen LogP contribution < -0.4 is 5.32 Å². The SMILES string of the molecule is Cc1cc(-n2nc(C(F)(F)F)c(-c3cc(Cl)cc(Cl)c3)c2C)ccc1C(=O)NCc1ccccn1. The second kappa shape index (κ2) is 9.71. The molecule has 1 amide bonds. The van der Waals surface area contributed by atoms with Crippen molar-refractivity contribution in [2.24, 2.45) is 0 Å². The quantitative estimate of drug-likeness (QED) is 0.315. The first-order chi connectivity index (χ1) is 16.5. The topological polar surface area (TPSA) is 59.8 Å². The molecule has 0 saturated carbocycles. The number of amides is 1. The molecule has 0 spiro atoms. The van der Waals surface area contributed by atoms with E-state index in [1.54, 1.807) is 43.5 Å². The number of rotatable bonds is 5. The summed E-state index contributed by atoms with van der Waals surface area (Å²) in [5.74, 6) is -0.317. The molecule has 0 aliphatic heterocycles. The Hall–Kier alpha value is -3.36. The largest absolute Gasteiger partial charge is 0.435 e. The third-order valence-corrected chi connectivity index (χ3v) is 5.83. The maximum Gasteiger partial charge on any atom is 0.435 e. The van der Waals surface area contributed by atoms with Crippen molar-refractivity contribution < 1.29 is 18.0 Å². The van der Waals surface area contributed by atoms with Crippen LogP contribution in [0.4, 0.5) is 13.2 Å². The van der Waals surface area contributed by atoms with Gasteiger partial charge in [0.25, 0.3) is 5.91 Å². The average Bonchev–Trinajstić information content (AvgIpc) is 3.15. The second-order valence-corrected chi connectivity index (χ2v) is 8.75. The highest BCUT2D eigenvalue weighted by atomic mass is 35.5. The monoisotopic (exact) mass is 518 g/mol. The fourth-order valence-electron chi connectivity index (χ4n) is 3.80. The van der Waals surface area contributed by atoms with Crippen LogP contribution in [0.5, 0.6) is 0 Å². The van der Waals surface area contributed by atoms with Gasteiger partial charge in [0, 0.05) is 33.1 Å². The van der Waals surface area contributed by atoms with Crippen LogP contribution in [0.25, 0.3) is 16.8 Å². The lowest BCUT2D eigenvalue weighted by Crippen LogP contribution is -2.24. The minimum atomic E-state index is -4.71. The number of aromatic nitrogens is 3. The normalized spacial score (nSPS) is 11.5. The minimum Gasteiger partial charge on any atom is -0.346 e. The van der Waals surface area contributed by atoms with Crippen molar-refractivity contribution in [1.29, 1.82) is 0 Å². The van der Waals surface area contributed by atoms with Crippen molar-refractivity contribution in [3.05, 3.63) is 99.0 Å². The van der Waals surface area contributed by atoms with Crippen LogP contribution in [0.3, 0.4) is 0 Å². The van der Waals surface area contributed by atoms with Crippen molar-refractivity contribution in [3.8, 4) is 16.8 Å². The molecular weight excluding hydrogens is 500 g/mol. The Morgan fingerprint density at radius 3 is 2.34 bits per heavy atom. The van der Waals surface area contributed by atoms with Gasteiger partial charge in [0.15, 0.2) is 5.69 Å². The summed E-state index contributed by atoms with van der Waals surface area (Å²) in [7, 11) is 0. The Morgan fingerprint density at radius 2 is 1.74 bits per heavy atom. The molecule has 0 atom stereocenters. The minimum absolute atomic E-state index is 0.114. The fraction of sp³-hybridized carbons (Fsp3) is 0.160. The van der Waals surface area contributed by atoms with Crippen molar-refractivity contribution in [2.75, 3.05) is 0 Å². The number of carbonyl (C=O) groups excluding carboxylic acids is 1. The third-order valence-electron chi connectivity index (χ3n) is 5.39. The molecule has 1 N–H and O–H groups in total. The predicted molar refractivity (Wildman–Crippen MR) is 129 cm³/mol. The number of pyridine rings is 1. The van der Waals surface area contributed by atoms with E-state index >= 15 is 0 Å². The van der Waals surface area contributed by atoms with E-state index in [0.29, 0.717) is 22.5 Å². The Labute approximate surface area is 209 Å². The van der Waals surface area contributed by atoms with Gasteiger partial charge in [0.2, 0.25) is 0 Å². The van der Waals surface area contributed by atoms with Crippen molar-refractivity contribution >= 4 is 29.1 Å².